The maximum absolute atomic E-state index is 13.9. The molecule has 10 nitrogen and oxygen atoms in total. The third-order valence-electron chi connectivity index (χ3n) is 7.93. The molecule has 4 aromatic rings. The molecule has 44 heavy (non-hydrogen) atoms. The summed E-state index contributed by atoms with van der Waals surface area (Å²) in [6.07, 6.45) is -7.28. The van der Waals surface area contributed by atoms with Gasteiger partial charge in [-0.15, -0.1) is 13.2 Å². The van der Waals surface area contributed by atoms with E-state index in [0.29, 0.717) is 24.3 Å². The normalized spacial score (nSPS) is 18.5. The summed E-state index contributed by atoms with van der Waals surface area (Å²) in [6, 6.07) is 9.89. The molecule has 0 bridgehead atoms. The van der Waals surface area contributed by atoms with Crippen molar-refractivity contribution in [1.29, 1.82) is 0 Å². The summed E-state index contributed by atoms with van der Waals surface area (Å²) in [4.78, 5) is 35.7. The summed E-state index contributed by atoms with van der Waals surface area (Å²) in [7, 11) is 0. The van der Waals surface area contributed by atoms with Crippen molar-refractivity contribution in [3.8, 4) is 11.4 Å². The zero-order valence-corrected chi connectivity index (χ0v) is 22.7. The molecular weight excluding hydrogens is 598 g/mol. The first-order valence-electron chi connectivity index (χ1n) is 13.5. The van der Waals surface area contributed by atoms with Gasteiger partial charge < -0.3 is 20.1 Å². The van der Waals surface area contributed by atoms with Gasteiger partial charge in [0.1, 0.15) is 11.3 Å². The van der Waals surface area contributed by atoms with Crippen molar-refractivity contribution >= 4 is 28.8 Å². The van der Waals surface area contributed by atoms with Crippen LogP contribution in [0.1, 0.15) is 35.7 Å². The van der Waals surface area contributed by atoms with Crippen LogP contribution in [0.25, 0.3) is 16.9 Å². The van der Waals surface area contributed by atoms with E-state index in [9.17, 15) is 41.0 Å². The van der Waals surface area contributed by atoms with Crippen LogP contribution in [0, 0.1) is 5.41 Å². The van der Waals surface area contributed by atoms with Crippen molar-refractivity contribution in [3.63, 3.8) is 0 Å². The first-order valence-corrected chi connectivity index (χ1v) is 13.5. The molecule has 2 N–H and O–H groups in total. The predicted molar refractivity (Wildman–Crippen MR) is 144 cm³/mol. The number of anilines is 2. The minimum absolute atomic E-state index is 0.00466. The molecule has 232 valence electrons. The number of carbonyl (C=O) groups is 1. The minimum atomic E-state index is -4.85. The second-order valence-electron chi connectivity index (χ2n) is 10.9. The van der Waals surface area contributed by atoms with Gasteiger partial charge in [-0.25, -0.2) is 14.6 Å². The number of carboxylic acids is 1. The molecule has 2 aromatic carbocycles. The Kier molecular flexibility index (Phi) is 7.06. The van der Waals surface area contributed by atoms with Crippen molar-refractivity contribution in [2.45, 2.75) is 37.8 Å². The van der Waals surface area contributed by atoms with Gasteiger partial charge in [0.2, 0.25) is 5.95 Å². The first-order chi connectivity index (χ1) is 20.7. The number of imidazole rings is 1. The number of likely N-dealkylation sites (tertiary alicyclic amines) is 1. The predicted octanol–water partition coefficient (Wildman–Crippen LogP) is 5.51. The molecule has 1 aliphatic carbocycles. The fourth-order valence-electron chi connectivity index (χ4n) is 5.54. The molecule has 2 aromatic heterocycles. The van der Waals surface area contributed by atoms with Gasteiger partial charge in [-0.05, 0) is 67.8 Å². The van der Waals surface area contributed by atoms with E-state index in [2.05, 4.69) is 20.0 Å². The molecule has 2 aliphatic rings. The Bertz CT molecular complexity index is 1760. The van der Waals surface area contributed by atoms with Gasteiger partial charge in [0.15, 0.2) is 5.65 Å². The van der Waals surface area contributed by atoms with E-state index in [4.69, 9.17) is 0 Å². The molecule has 0 spiro atoms. The van der Waals surface area contributed by atoms with Crippen LogP contribution in [0.2, 0.25) is 0 Å². The van der Waals surface area contributed by atoms with E-state index in [-0.39, 0.29) is 48.6 Å². The molecule has 0 unspecified atom stereocenters. The van der Waals surface area contributed by atoms with Crippen LogP contribution in [-0.2, 0) is 0 Å². The molecule has 1 atom stereocenters. The number of halogens is 6. The number of fused-ring (bicyclic) bond motifs is 1. The highest BCUT2D eigenvalue weighted by Crippen LogP contribution is 2.58. The summed E-state index contributed by atoms with van der Waals surface area (Å²) < 4.78 is 85.0. The number of carboxylic acid groups (broad SMARTS) is 1. The molecule has 0 radical (unpaired) electrons. The number of ether oxygens (including phenoxy) is 1. The largest absolute Gasteiger partial charge is 0.573 e. The number of nitrogens with zero attached hydrogens (tertiary/aromatic N) is 5. The molecule has 1 aliphatic heterocycles. The smallest absolute Gasteiger partial charge is 0.478 e. The Morgan fingerprint density at radius 3 is 2.32 bits per heavy atom. The van der Waals surface area contributed by atoms with Crippen LogP contribution in [0.5, 0.6) is 5.75 Å². The lowest BCUT2D eigenvalue weighted by atomic mass is 10.1. The average Bonchev–Trinajstić information content (AvgIpc) is 3.52. The number of aromatic carboxylic acids is 1. The summed E-state index contributed by atoms with van der Waals surface area (Å²) >= 11 is 0. The summed E-state index contributed by atoms with van der Waals surface area (Å²) in [5, 5.41) is 12.1. The lowest BCUT2D eigenvalue weighted by Crippen LogP contribution is -2.38. The van der Waals surface area contributed by atoms with E-state index in [0.717, 1.165) is 12.1 Å². The van der Waals surface area contributed by atoms with Gasteiger partial charge in [0, 0.05) is 25.3 Å². The molecule has 3 heterocycles. The van der Waals surface area contributed by atoms with E-state index in [1.807, 2.05) is 0 Å². The summed E-state index contributed by atoms with van der Waals surface area (Å²) in [5.74, 6) is -1.57. The Labute approximate surface area is 244 Å². The molecule has 16 heteroatoms. The molecule has 0 amide bonds. The number of alkyl halides is 6. The Balaban J connectivity index is 1.35. The average molecular weight is 623 g/mol. The van der Waals surface area contributed by atoms with Crippen molar-refractivity contribution in [2.24, 2.45) is 5.41 Å². The van der Waals surface area contributed by atoms with Crippen LogP contribution in [0.15, 0.2) is 59.5 Å². The van der Waals surface area contributed by atoms with E-state index in [1.54, 1.807) is 4.90 Å². The van der Waals surface area contributed by atoms with E-state index >= 15 is 0 Å². The van der Waals surface area contributed by atoms with Gasteiger partial charge in [0.25, 0.3) is 0 Å². The third-order valence-corrected chi connectivity index (χ3v) is 7.93. The van der Waals surface area contributed by atoms with Crippen LogP contribution in [0.3, 0.4) is 0 Å². The van der Waals surface area contributed by atoms with Crippen LogP contribution in [0.4, 0.5) is 38.0 Å². The van der Waals surface area contributed by atoms with Crippen molar-refractivity contribution in [3.05, 3.63) is 70.8 Å². The third kappa shape index (κ3) is 5.68. The number of rotatable bonds is 8. The quantitative estimate of drug-likeness (QED) is 0.247. The SMILES string of the molecule is O=C(O)c1ccc(-n2c(=O)n([C@H]3CCN(CC4(C(F)(F)F)CC4)C3)c3nc(Nc4ccc(OC(F)(F)F)cc4)ncc32)cc1. The van der Waals surface area contributed by atoms with Gasteiger partial charge in [-0.2, -0.15) is 18.2 Å². The molecule has 1 saturated carbocycles. The second-order valence-corrected chi connectivity index (χ2v) is 10.9. The van der Waals surface area contributed by atoms with Crippen LogP contribution < -0.4 is 15.7 Å². The number of aromatic nitrogens is 4. The lowest BCUT2D eigenvalue weighted by molar-refractivity contribution is -0.274. The first kappa shape index (κ1) is 29.5. The van der Waals surface area contributed by atoms with Crippen molar-refractivity contribution in [2.75, 3.05) is 25.0 Å². The topological polar surface area (TPSA) is 115 Å². The highest BCUT2D eigenvalue weighted by molar-refractivity contribution is 5.88. The molecule has 6 rings (SSSR count). The maximum Gasteiger partial charge on any atom is 0.573 e. The number of hydrogen-bond acceptors (Lipinski definition) is 7. The van der Waals surface area contributed by atoms with Gasteiger partial charge in [-0.1, -0.05) is 0 Å². The molecule has 1 saturated heterocycles. The second kappa shape index (κ2) is 10.5. The Morgan fingerprint density at radius 2 is 1.73 bits per heavy atom. The Hall–Kier alpha value is -4.60. The van der Waals surface area contributed by atoms with Crippen LogP contribution in [-0.4, -0.2) is 67.3 Å². The standard InChI is InChI=1S/C28H24F6N6O4/c29-27(30,31)26(10-11-26)15-38-12-9-19(14-38)40-22-21(39(25(40)43)18-5-1-16(2-6-18)23(41)42)13-35-24(37-22)36-17-3-7-20(8-4-17)44-28(32,33)34/h1-8,13,19H,9-12,14-15H2,(H,41,42)(H,35,36,37)/t19-/m0/s1. The summed E-state index contributed by atoms with van der Waals surface area (Å²) in [6.45, 7) is 0.368. The lowest BCUT2D eigenvalue weighted by Gasteiger charge is -2.25. The highest BCUT2D eigenvalue weighted by atomic mass is 19.4. The van der Waals surface area contributed by atoms with Gasteiger partial charge >= 0.3 is 24.2 Å². The van der Waals surface area contributed by atoms with Gasteiger partial charge in [-0.3, -0.25) is 9.13 Å². The maximum atomic E-state index is 13.9. The zero-order valence-electron chi connectivity index (χ0n) is 22.7. The van der Waals surface area contributed by atoms with Crippen LogP contribution >= 0.6 is 0 Å². The molecular formula is C28H24F6N6O4. The number of nitrogens with one attached hydrogen (secondary N) is 1. The molecule has 2 fully saturated rings. The summed E-state index contributed by atoms with van der Waals surface area (Å²) in [5.41, 5.74) is -1.16. The monoisotopic (exact) mass is 622 g/mol. The zero-order chi connectivity index (χ0) is 31.4. The van der Waals surface area contributed by atoms with E-state index < -0.39 is 41.4 Å². The van der Waals surface area contributed by atoms with Crippen molar-refractivity contribution < 1.29 is 41.0 Å². The van der Waals surface area contributed by atoms with Crippen molar-refractivity contribution in [1.82, 2.24) is 24.0 Å². The fourth-order valence-corrected chi connectivity index (χ4v) is 5.54. The number of hydrogen-bond donors (Lipinski definition) is 2. The highest BCUT2D eigenvalue weighted by Gasteiger charge is 2.63. The Morgan fingerprint density at radius 1 is 1.05 bits per heavy atom. The minimum Gasteiger partial charge on any atom is -0.478 e. The van der Waals surface area contributed by atoms with E-state index in [1.165, 1.54) is 51.7 Å². The van der Waals surface area contributed by atoms with Gasteiger partial charge in [0.05, 0.1) is 28.9 Å². The number of benzene rings is 2. The fraction of sp³-hybridized carbons (Fsp3) is 0.357.